The number of hydrogen-bond donors (Lipinski definition) is 2. The molecule has 1 saturated heterocycles. The molecule has 3 nitrogen and oxygen atoms in total. The predicted molar refractivity (Wildman–Crippen MR) is 104 cm³/mol. The molecule has 0 aromatic heterocycles. The van der Waals surface area contributed by atoms with Crippen molar-refractivity contribution in [3.63, 3.8) is 0 Å². The lowest BCUT2D eigenvalue weighted by Gasteiger charge is -2.38. The van der Waals surface area contributed by atoms with Crippen LogP contribution in [0.3, 0.4) is 0 Å². The number of nitrogens with zero attached hydrogens (tertiary/aromatic N) is 1. The SMILES string of the molecule is CC(C)(C)[C@H]1NC(=Nc2c(Cl)cccc2Cl)N[C@@H]1C(C)(C)C.Cl. The van der Waals surface area contributed by atoms with Crippen LogP contribution in [0.25, 0.3) is 0 Å². The van der Waals surface area contributed by atoms with Crippen molar-refractivity contribution in [3.05, 3.63) is 28.2 Å². The summed E-state index contributed by atoms with van der Waals surface area (Å²) in [7, 11) is 0. The zero-order valence-corrected chi connectivity index (χ0v) is 16.8. The van der Waals surface area contributed by atoms with Gasteiger partial charge in [-0.2, -0.15) is 0 Å². The third-order valence-corrected chi connectivity index (χ3v) is 4.55. The first-order valence-electron chi connectivity index (χ1n) is 7.56. The summed E-state index contributed by atoms with van der Waals surface area (Å²) in [5.41, 5.74) is 0.807. The maximum absolute atomic E-state index is 6.21. The number of halogens is 3. The zero-order chi connectivity index (χ0) is 16.7. The Hall–Kier alpha value is -0.640. The van der Waals surface area contributed by atoms with Crippen LogP contribution < -0.4 is 10.6 Å². The van der Waals surface area contributed by atoms with Crippen LogP contribution in [-0.2, 0) is 0 Å². The highest BCUT2D eigenvalue weighted by Crippen LogP contribution is 2.36. The van der Waals surface area contributed by atoms with Crippen molar-refractivity contribution in [2.24, 2.45) is 15.8 Å². The molecule has 1 aromatic carbocycles. The molecule has 0 unspecified atom stereocenters. The van der Waals surface area contributed by atoms with E-state index in [0.29, 0.717) is 15.7 Å². The molecule has 1 aliphatic rings. The van der Waals surface area contributed by atoms with Gasteiger partial charge in [-0.05, 0) is 23.0 Å². The number of hydrogen-bond acceptors (Lipinski definition) is 1. The lowest BCUT2D eigenvalue weighted by atomic mass is 9.74. The molecule has 1 aliphatic heterocycles. The maximum atomic E-state index is 6.21. The minimum Gasteiger partial charge on any atom is -0.351 e. The summed E-state index contributed by atoms with van der Waals surface area (Å²) in [6, 6.07) is 5.95. The first-order valence-corrected chi connectivity index (χ1v) is 8.31. The number of nitrogens with one attached hydrogen (secondary N) is 2. The fourth-order valence-electron chi connectivity index (χ4n) is 2.71. The molecule has 0 radical (unpaired) electrons. The Bertz CT molecular complexity index is 541. The highest BCUT2D eigenvalue weighted by Gasteiger charge is 2.44. The Kier molecular flexibility index (Phi) is 6.28. The Morgan fingerprint density at radius 1 is 0.870 bits per heavy atom. The monoisotopic (exact) mass is 377 g/mol. The third-order valence-electron chi connectivity index (χ3n) is 3.94. The summed E-state index contributed by atoms with van der Waals surface area (Å²) in [5.74, 6) is 0.731. The highest BCUT2D eigenvalue weighted by molar-refractivity contribution is 6.38. The van der Waals surface area contributed by atoms with Crippen molar-refractivity contribution in [2.45, 2.75) is 53.6 Å². The normalized spacial score (nSPS) is 21.3. The van der Waals surface area contributed by atoms with Crippen molar-refractivity contribution >= 4 is 47.3 Å². The molecule has 23 heavy (non-hydrogen) atoms. The van der Waals surface area contributed by atoms with Crippen LogP contribution in [0.1, 0.15) is 41.5 Å². The molecule has 6 heteroatoms. The second-order valence-corrected chi connectivity index (χ2v) is 8.82. The molecule has 0 bridgehead atoms. The molecule has 2 atom stereocenters. The molecule has 0 saturated carbocycles. The van der Waals surface area contributed by atoms with Gasteiger partial charge >= 0.3 is 0 Å². The van der Waals surface area contributed by atoms with Gasteiger partial charge in [-0.25, -0.2) is 4.99 Å². The smallest absolute Gasteiger partial charge is 0.197 e. The molecule has 2 rings (SSSR count). The third kappa shape index (κ3) is 4.68. The second kappa shape index (κ2) is 7.08. The van der Waals surface area contributed by atoms with Crippen molar-refractivity contribution in [1.82, 2.24) is 10.6 Å². The lowest BCUT2D eigenvalue weighted by Crippen LogP contribution is -2.50. The summed E-state index contributed by atoms with van der Waals surface area (Å²) >= 11 is 12.4. The van der Waals surface area contributed by atoms with Crippen LogP contribution in [0.4, 0.5) is 5.69 Å². The van der Waals surface area contributed by atoms with E-state index in [4.69, 9.17) is 23.2 Å². The molecule has 0 spiro atoms. The van der Waals surface area contributed by atoms with E-state index < -0.39 is 0 Å². The van der Waals surface area contributed by atoms with E-state index in [1.54, 1.807) is 12.1 Å². The van der Waals surface area contributed by atoms with Crippen molar-refractivity contribution < 1.29 is 0 Å². The topological polar surface area (TPSA) is 36.4 Å². The molecule has 0 aliphatic carbocycles. The van der Waals surface area contributed by atoms with Gasteiger partial charge in [0.05, 0.1) is 22.1 Å². The maximum Gasteiger partial charge on any atom is 0.197 e. The molecule has 1 fully saturated rings. The van der Waals surface area contributed by atoms with Gasteiger partial charge in [0.25, 0.3) is 0 Å². The Morgan fingerprint density at radius 2 is 1.26 bits per heavy atom. The van der Waals surface area contributed by atoms with Gasteiger partial charge in [0.15, 0.2) is 5.96 Å². The molecule has 130 valence electrons. The van der Waals surface area contributed by atoms with Gasteiger partial charge < -0.3 is 10.6 Å². The van der Waals surface area contributed by atoms with Crippen LogP contribution >= 0.6 is 35.6 Å². The summed E-state index contributed by atoms with van der Waals surface area (Å²) in [5, 5.41) is 8.13. The van der Waals surface area contributed by atoms with Crippen molar-refractivity contribution in [2.75, 3.05) is 0 Å². The van der Waals surface area contributed by atoms with Gasteiger partial charge in [0.2, 0.25) is 0 Å². The molecule has 1 aromatic rings. The van der Waals surface area contributed by atoms with Gasteiger partial charge in [-0.3, -0.25) is 0 Å². The average Bonchev–Trinajstić information content (AvgIpc) is 2.78. The number of para-hydroxylation sites is 1. The minimum absolute atomic E-state index is 0. The second-order valence-electron chi connectivity index (χ2n) is 8.01. The average molecular weight is 379 g/mol. The first-order chi connectivity index (χ1) is 10.00. The van der Waals surface area contributed by atoms with E-state index in [9.17, 15) is 0 Å². The number of aliphatic imine (C=N–C) groups is 1. The number of rotatable bonds is 1. The molecule has 2 N–H and O–H groups in total. The summed E-state index contributed by atoms with van der Waals surface area (Å²) in [4.78, 5) is 4.62. The lowest BCUT2D eigenvalue weighted by molar-refractivity contribution is 0.184. The largest absolute Gasteiger partial charge is 0.351 e. The molecule has 0 amide bonds. The molecular formula is C17H26Cl3N3. The van der Waals surface area contributed by atoms with E-state index in [0.717, 1.165) is 5.96 Å². The van der Waals surface area contributed by atoms with Crippen LogP contribution in [-0.4, -0.2) is 18.0 Å². The Labute approximate surface area is 155 Å². The van der Waals surface area contributed by atoms with E-state index >= 15 is 0 Å². The van der Waals surface area contributed by atoms with Crippen LogP contribution in [0.5, 0.6) is 0 Å². The van der Waals surface area contributed by atoms with E-state index in [-0.39, 0.29) is 35.3 Å². The van der Waals surface area contributed by atoms with Gasteiger partial charge in [-0.15, -0.1) is 12.4 Å². The van der Waals surface area contributed by atoms with Gasteiger partial charge in [0, 0.05) is 0 Å². The van der Waals surface area contributed by atoms with Crippen molar-refractivity contribution in [3.8, 4) is 0 Å². The van der Waals surface area contributed by atoms with Crippen LogP contribution in [0.15, 0.2) is 23.2 Å². The first kappa shape index (κ1) is 20.4. The van der Waals surface area contributed by atoms with Crippen LogP contribution in [0, 0.1) is 10.8 Å². The van der Waals surface area contributed by atoms with E-state index in [1.165, 1.54) is 0 Å². The van der Waals surface area contributed by atoms with E-state index in [1.807, 2.05) is 6.07 Å². The minimum atomic E-state index is 0. The number of benzene rings is 1. The zero-order valence-electron chi connectivity index (χ0n) is 14.5. The molecule has 1 heterocycles. The van der Waals surface area contributed by atoms with Gasteiger partial charge in [0.1, 0.15) is 5.69 Å². The summed E-state index contributed by atoms with van der Waals surface area (Å²) < 4.78 is 0. The highest BCUT2D eigenvalue weighted by atomic mass is 35.5. The van der Waals surface area contributed by atoms with Crippen molar-refractivity contribution in [1.29, 1.82) is 0 Å². The summed E-state index contributed by atoms with van der Waals surface area (Å²) in [6.45, 7) is 13.4. The standard InChI is InChI=1S/C17H25Cl2N3.ClH/c1-16(2,3)13-14(17(4,5)6)22-15(21-13)20-12-10(18)8-7-9-11(12)19;/h7-9,13-14H,1-6H3,(H2,20,21,22);1H/t13-,14-;/m0./s1. The summed E-state index contributed by atoms with van der Waals surface area (Å²) in [6.07, 6.45) is 0. The quantitative estimate of drug-likeness (QED) is 0.684. The Morgan fingerprint density at radius 3 is 1.61 bits per heavy atom. The Balaban J connectivity index is 0.00000264. The van der Waals surface area contributed by atoms with Gasteiger partial charge in [-0.1, -0.05) is 70.8 Å². The van der Waals surface area contributed by atoms with E-state index in [2.05, 4.69) is 57.2 Å². The predicted octanol–water partition coefficient (Wildman–Crippen LogP) is 5.42. The molecular weight excluding hydrogens is 353 g/mol. The number of guanidine groups is 1. The van der Waals surface area contributed by atoms with Crippen LogP contribution in [0.2, 0.25) is 10.0 Å². The fourth-order valence-corrected chi connectivity index (χ4v) is 3.19. The fraction of sp³-hybridized carbons (Fsp3) is 0.588.